The molecule has 2 aromatic rings. The summed E-state index contributed by atoms with van der Waals surface area (Å²) in [5, 5.41) is 0. The third-order valence-corrected chi connectivity index (χ3v) is 2.11. The monoisotopic (exact) mass is 285 g/mol. The van der Waals surface area contributed by atoms with Gasteiger partial charge in [0.05, 0.1) is 0 Å². The Balaban J connectivity index is 2.10. The van der Waals surface area contributed by atoms with Crippen molar-refractivity contribution in [3.05, 3.63) is 36.2 Å². The molecule has 106 valence electrons. The second kappa shape index (κ2) is 5.24. The molecule has 0 saturated heterocycles. The molecule has 0 radical (unpaired) electrons. The highest BCUT2D eigenvalue weighted by atomic mass is 19.4. The normalized spacial score (nSPS) is 11.2. The van der Waals surface area contributed by atoms with Crippen molar-refractivity contribution < 1.29 is 22.6 Å². The van der Waals surface area contributed by atoms with Crippen molar-refractivity contribution in [2.24, 2.45) is 0 Å². The fraction of sp³-hybridized carbons (Fsp3) is 0.167. The number of nitrogens with zero attached hydrogens (tertiary/aromatic N) is 2. The fourth-order valence-electron chi connectivity index (χ4n) is 1.44. The average molecular weight is 285 g/mol. The van der Waals surface area contributed by atoms with Gasteiger partial charge in [0.1, 0.15) is 23.1 Å². The Labute approximate surface area is 112 Å². The highest BCUT2D eigenvalue weighted by molar-refractivity contribution is 5.37. The summed E-state index contributed by atoms with van der Waals surface area (Å²) in [6, 6.07) is 6.34. The number of hydrogen-bond donors (Lipinski definition) is 1. The van der Waals surface area contributed by atoms with Crippen molar-refractivity contribution in [3.8, 4) is 17.4 Å². The number of benzene rings is 1. The first-order valence-corrected chi connectivity index (χ1v) is 5.47. The van der Waals surface area contributed by atoms with Crippen LogP contribution < -0.4 is 15.2 Å². The molecular weight excluding hydrogens is 275 g/mol. The summed E-state index contributed by atoms with van der Waals surface area (Å²) in [4.78, 5) is 7.86. The minimum atomic E-state index is -4.72. The molecule has 1 aromatic heterocycles. The zero-order valence-electron chi connectivity index (χ0n) is 10.3. The summed E-state index contributed by atoms with van der Waals surface area (Å²) in [7, 11) is 0. The summed E-state index contributed by atoms with van der Waals surface area (Å²) in [6.45, 7) is 1.64. The zero-order valence-corrected chi connectivity index (χ0v) is 10.3. The summed E-state index contributed by atoms with van der Waals surface area (Å²) in [6.07, 6.45) is -4.72. The first kappa shape index (κ1) is 13.9. The number of alkyl halides is 3. The van der Waals surface area contributed by atoms with Gasteiger partial charge < -0.3 is 15.2 Å². The Hall–Kier alpha value is -2.51. The van der Waals surface area contributed by atoms with Crippen LogP contribution in [0.25, 0.3) is 0 Å². The second-order valence-corrected chi connectivity index (χ2v) is 3.80. The van der Waals surface area contributed by atoms with E-state index >= 15 is 0 Å². The molecule has 2 rings (SSSR count). The molecule has 1 aromatic carbocycles. The summed E-state index contributed by atoms with van der Waals surface area (Å²) >= 11 is 0. The van der Waals surface area contributed by atoms with Gasteiger partial charge in [0.15, 0.2) is 0 Å². The van der Waals surface area contributed by atoms with Crippen LogP contribution in [0.4, 0.5) is 19.0 Å². The largest absolute Gasteiger partial charge is 0.573 e. The lowest BCUT2D eigenvalue weighted by Gasteiger charge is -2.10. The van der Waals surface area contributed by atoms with Crippen molar-refractivity contribution in [3.63, 3.8) is 0 Å². The van der Waals surface area contributed by atoms with Crippen LogP contribution >= 0.6 is 0 Å². The van der Waals surface area contributed by atoms with Gasteiger partial charge in [-0.05, 0) is 31.2 Å². The van der Waals surface area contributed by atoms with E-state index in [2.05, 4.69) is 14.7 Å². The first-order chi connectivity index (χ1) is 9.32. The molecule has 1 heterocycles. The third-order valence-electron chi connectivity index (χ3n) is 2.11. The van der Waals surface area contributed by atoms with E-state index in [0.29, 0.717) is 11.6 Å². The molecule has 0 amide bonds. The molecular formula is C12H10F3N3O2. The number of aromatic nitrogens is 2. The SMILES string of the molecule is Cc1nc(N)cc(Oc2ccc(OC(F)(F)F)cc2)n1. The number of rotatable bonds is 3. The van der Waals surface area contributed by atoms with E-state index in [1.165, 1.54) is 18.2 Å². The maximum atomic E-state index is 12.0. The third kappa shape index (κ3) is 4.01. The van der Waals surface area contributed by atoms with Gasteiger partial charge in [-0.15, -0.1) is 13.2 Å². The van der Waals surface area contributed by atoms with Crippen molar-refractivity contribution in [2.45, 2.75) is 13.3 Å². The van der Waals surface area contributed by atoms with Crippen LogP contribution in [0.1, 0.15) is 5.82 Å². The second-order valence-electron chi connectivity index (χ2n) is 3.80. The summed E-state index contributed by atoms with van der Waals surface area (Å²) < 4.78 is 45.1. The lowest BCUT2D eigenvalue weighted by Crippen LogP contribution is -2.16. The average Bonchev–Trinajstić information content (AvgIpc) is 2.28. The molecule has 0 aliphatic rings. The number of anilines is 1. The van der Waals surface area contributed by atoms with Crippen LogP contribution in [0.2, 0.25) is 0 Å². The summed E-state index contributed by atoms with van der Waals surface area (Å²) in [5.74, 6) is 0.848. The predicted molar refractivity (Wildman–Crippen MR) is 64.4 cm³/mol. The smallest absolute Gasteiger partial charge is 0.439 e. The molecule has 0 fully saturated rings. The number of aryl methyl sites for hydroxylation is 1. The Bertz CT molecular complexity index is 580. The van der Waals surface area contributed by atoms with Gasteiger partial charge in [-0.3, -0.25) is 0 Å². The van der Waals surface area contributed by atoms with Crippen molar-refractivity contribution >= 4 is 5.82 Å². The van der Waals surface area contributed by atoms with Crippen LogP contribution in [-0.2, 0) is 0 Å². The molecule has 0 spiro atoms. The van der Waals surface area contributed by atoms with Gasteiger partial charge in [0, 0.05) is 6.07 Å². The van der Waals surface area contributed by atoms with E-state index in [-0.39, 0.29) is 17.4 Å². The molecule has 2 N–H and O–H groups in total. The van der Waals surface area contributed by atoms with Crippen LogP contribution in [0.15, 0.2) is 30.3 Å². The van der Waals surface area contributed by atoms with Gasteiger partial charge in [0.25, 0.3) is 0 Å². The maximum absolute atomic E-state index is 12.0. The number of hydrogen-bond acceptors (Lipinski definition) is 5. The van der Waals surface area contributed by atoms with Crippen molar-refractivity contribution in [1.82, 2.24) is 9.97 Å². The molecule has 0 aliphatic heterocycles. The Morgan fingerprint density at radius 3 is 2.20 bits per heavy atom. The van der Waals surface area contributed by atoms with Gasteiger partial charge in [0.2, 0.25) is 5.88 Å². The first-order valence-electron chi connectivity index (χ1n) is 5.47. The van der Waals surface area contributed by atoms with E-state index in [9.17, 15) is 13.2 Å². The Kier molecular flexibility index (Phi) is 3.64. The molecule has 0 saturated carbocycles. The van der Waals surface area contributed by atoms with Crippen LogP contribution in [0.5, 0.6) is 17.4 Å². The molecule has 0 unspecified atom stereocenters. The minimum Gasteiger partial charge on any atom is -0.439 e. The number of nitrogen functional groups attached to an aromatic ring is 1. The zero-order chi connectivity index (χ0) is 14.8. The maximum Gasteiger partial charge on any atom is 0.573 e. The van der Waals surface area contributed by atoms with E-state index in [1.54, 1.807) is 6.92 Å². The molecule has 5 nitrogen and oxygen atoms in total. The standard InChI is InChI=1S/C12H10F3N3O2/c1-7-17-10(16)6-11(18-7)19-8-2-4-9(5-3-8)20-12(13,14)15/h2-6H,1H3,(H2,16,17,18). The number of halogens is 3. The van der Waals surface area contributed by atoms with E-state index in [1.807, 2.05) is 0 Å². The van der Waals surface area contributed by atoms with Gasteiger partial charge in [-0.25, -0.2) is 4.98 Å². The minimum absolute atomic E-state index is 0.208. The lowest BCUT2D eigenvalue weighted by molar-refractivity contribution is -0.274. The molecule has 0 atom stereocenters. The van der Waals surface area contributed by atoms with Crippen molar-refractivity contribution in [1.29, 1.82) is 0 Å². The van der Waals surface area contributed by atoms with E-state index in [4.69, 9.17) is 10.5 Å². The van der Waals surface area contributed by atoms with Gasteiger partial charge in [-0.2, -0.15) is 4.98 Å². The predicted octanol–water partition coefficient (Wildman–Crippen LogP) is 3.06. The summed E-state index contributed by atoms with van der Waals surface area (Å²) in [5.41, 5.74) is 5.53. The molecule has 8 heteroatoms. The van der Waals surface area contributed by atoms with E-state index < -0.39 is 6.36 Å². The van der Waals surface area contributed by atoms with Crippen LogP contribution in [0.3, 0.4) is 0 Å². The molecule has 0 bridgehead atoms. The van der Waals surface area contributed by atoms with Crippen molar-refractivity contribution in [2.75, 3.05) is 5.73 Å². The number of nitrogens with two attached hydrogens (primary N) is 1. The van der Waals surface area contributed by atoms with Crippen LogP contribution in [0, 0.1) is 6.92 Å². The van der Waals surface area contributed by atoms with Gasteiger partial charge in [-0.1, -0.05) is 0 Å². The van der Waals surface area contributed by atoms with Crippen LogP contribution in [-0.4, -0.2) is 16.3 Å². The van der Waals surface area contributed by atoms with Gasteiger partial charge >= 0.3 is 6.36 Å². The lowest BCUT2D eigenvalue weighted by atomic mass is 10.3. The topological polar surface area (TPSA) is 70.3 Å². The highest BCUT2D eigenvalue weighted by Gasteiger charge is 2.30. The highest BCUT2D eigenvalue weighted by Crippen LogP contribution is 2.26. The van der Waals surface area contributed by atoms with E-state index in [0.717, 1.165) is 12.1 Å². The fourth-order valence-corrected chi connectivity index (χ4v) is 1.44. The quantitative estimate of drug-likeness (QED) is 0.938. The number of ether oxygens (including phenoxy) is 2. The Morgan fingerprint density at radius 1 is 1.05 bits per heavy atom. The molecule has 0 aliphatic carbocycles. The Morgan fingerprint density at radius 2 is 1.65 bits per heavy atom. The molecule has 20 heavy (non-hydrogen) atoms.